The quantitative estimate of drug-likeness (QED) is 0.478. The summed E-state index contributed by atoms with van der Waals surface area (Å²) in [6, 6.07) is 17.3. The zero-order valence-corrected chi connectivity index (χ0v) is 15.9. The molecule has 0 saturated heterocycles. The molecule has 29 heavy (non-hydrogen) atoms. The lowest BCUT2D eigenvalue weighted by Crippen LogP contribution is -2.14. The van der Waals surface area contributed by atoms with Crippen LogP contribution in [0.4, 0.5) is 11.6 Å². The van der Waals surface area contributed by atoms with Crippen molar-refractivity contribution in [3.8, 4) is 11.5 Å². The minimum atomic E-state index is -3.77. The molecule has 2 N–H and O–H groups in total. The summed E-state index contributed by atoms with van der Waals surface area (Å²) in [5, 5.41) is 11.2. The lowest BCUT2D eigenvalue weighted by Gasteiger charge is -2.08. The molecule has 10 heteroatoms. The maximum absolute atomic E-state index is 12.4. The second-order valence-electron chi connectivity index (χ2n) is 5.92. The highest BCUT2D eigenvalue weighted by atomic mass is 32.2. The first-order chi connectivity index (χ1) is 14.1. The van der Waals surface area contributed by atoms with Crippen LogP contribution >= 0.6 is 0 Å². The average Bonchev–Trinajstić information content (AvgIpc) is 3.23. The highest BCUT2D eigenvalue weighted by Crippen LogP contribution is 2.19. The Morgan fingerprint density at radius 1 is 0.862 bits per heavy atom. The average molecular weight is 408 g/mol. The highest BCUT2D eigenvalue weighted by Gasteiger charge is 2.15. The van der Waals surface area contributed by atoms with Crippen LogP contribution in [0, 0.1) is 0 Å². The Morgan fingerprint density at radius 2 is 1.59 bits per heavy atom. The van der Waals surface area contributed by atoms with Gasteiger partial charge in [0.05, 0.1) is 11.4 Å². The molecule has 0 amide bonds. The van der Waals surface area contributed by atoms with Crippen LogP contribution in [-0.4, -0.2) is 28.6 Å². The van der Waals surface area contributed by atoms with Crippen molar-refractivity contribution in [1.82, 2.24) is 20.2 Å². The van der Waals surface area contributed by atoms with Gasteiger partial charge in [-0.1, -0.05) is 18.2 Å². The Hall–Kier alpha value is -3.79. The van der Waals surface area contributed by atoms with Crippen molar-refractivity contribution in [3.05, 3.63) is 78.9 Å². The van der Waals surface area contributed by atoms with Crippen molar-refractivity contribution in [1.29, 1.82) is 0 Å². The van der Waals surface area contributed by atoms with Gasteiger partial charge < -0.3 is 9.73 Å². The number of nitrogens with zero attached hydrogens (tertiary/aromatic N) is 4. The number of rotatable bonds is 7. The maximum atomic E-state index is 12.4. The summed E-state index contributed by atoms with van der Waals surface area (Å²) >= 11 is 0. The van der Waals surface area contributed by atoms with E-state index in [1.54, 1.807) is 18.2 Å². The third-order valence-electron chi connectivity index (χ3n) is 3.89. The molecule has 2 heterocycles. The molecule has 0 aliphatic heterocycles. The van der Waals surface area contributed by atoms with Gasteiger partial charge in [-0.3, -0.25) is 0 Å². The number of aromatic nitrogens is 4. The number of hydrogen-bond donors (Lipinski definition) is 2. The van der Waals surface area contributed by atoms with Crippen LogP contribution in [-0.2, 0) is 16.6 Å². The molecule has 0 bridgehead atoms. The van der Waals surface area contributed by atoms with E-state index in [2.05, 4.69) is 30.2 Å². The largest absolute Gasteiger partial charge is 0.419 e. The van der Waals surface area contributed by atoms with Crippen molar-refractivity contribution in [2.75, 3.05) is 10.0 Å². The molecular formula is C19H16N6O3S. The van der Waals surface area contributed by atoms with Gasteiger partial charge in [0.1, 0.15) is 0 Å². The van der Waals surface area contributed by atoms with Gasteiger partial charge >= 0.3 is 0 Å². The summed E-state index contributed by atoms with van der Waals surface area (Å²) in [5.74, 6) is 0.877. The van der Waals surface area contributed by atoms with Gasteiger partial charge in [0.15, 0.2) is 0 Å². The van der Waals surface area contributed by atoms with Gasteiger partial charge in [-0.15, -0.1) is 10.2 Å². The first-order valence-corrected chi connectivity index (χ1v) is 10.1. The highest BCUT2D eigenvalue weighted by molar-refractivity contribution is 7.92. The molecule has 0 saturated carbocycles. The van der Waals surface area contributed by atoms with Crippen LogP contribution in [0.25, 0.3) is 11.5 Å². The summed E-state index contributed by atoms with van der Waals surface area (Å²) < 4.78 is 32.7. The van der Waals surface area contributed by atoms with Gasteiger partial charge in [0.25, 0.3) is 10.0 Å². The van der Waals surface area contributed by atoms with E-state index in [0.717, 1.165) is 5.56 Å². The predicted octanol–water partition coefficient (Wildman–Crippen LogP) is 2.94. The second kappa shape index (κ2) is 8.07. The van der Waals surface area contributed by atoms with Crippen molar-refractivity contribution in [2.24, 2.45) is 0 Å². The topological polar surface area (TPSA) is 123 Å². The van der Waals surface area contributed by atoms with Crippen molar-refractivity contribution in [2.45, 2.75) is 11.4 Å². The molecule has 0 atom stereocenters. The van der Waals surface area contributed by atoms with Crippen LogP contribution in [0.5, 0.6) is 0 Å². The number of hydrogen-bond acceptors (Lipinski definition) is 8. The smallest absolute Gasteiger partial charge is 0.264 e. The third kappa shape index (κ3) is 4.55. The lowest BCUT2D eigenvalue weighted by molar-refractivity contribution is 0.515. The molecule has 0 aliphatic carbocycles. The Labute approximate surface area is 166 Å². The van der Waals surface area contributed by atoms with Gasteiger partial charge in [0, 0.05) is 23.6 Å². The van der Waals surface area contributed by atoms with Crippen molar-refractivity contribution in [3.63, 3.8) is 0 Å². The van der Waals surface area contributed by atoms with Crippen molar-refractivity contribution >= 4 is 21.7 Å². The van der Waals surface area contributed by atoms with E-state index in [1.165, 1.54) is 24.5 Å². The van der Waals surface area contributed by atoms with Gasteiger partial charge in [-0.2, -0.15) is 0 Å². The zero-order chi connectivity index (χ0) is 20.1. The Morgan fingerprint density at radius 3 is 2.31 bits per heavy atom. The summed E-state index contributed by atoms with van der Waals surface area (Å²) in [5.41, 5.74) is 1.55. The predicted molar refractivity (Wildman–Crippen MR) is 106 cm³/mol. The fourth-order valence-electron chi connectivity index (χ4n) is 2.48. The van der Waals surface area contributed by atoms with E-state index in [1.807, 2.05) is 30.3 Å². The van der Waals surface area contributed by atoms with Crippen LogP contribution < -0.4 is 10.0 Å². The van der Waals surface area contributed by atoms with Crippen LogP contribution in [0.3, 0.4) is 0 Å². The monoisotopic (exact) mass is 408 g/mol. The Balaban J connectivity index is 1.39. The molecule has 4 aromatic rings. The van der Waals surface area contributed by atoms with Crippen LogP contribution in [0.2, 0.25) is 0 Å². The second-order valence-corrected chi connectivity index (χ2v) is 7.61. The number of anilines is 2. The summed E-state index contributed by atoms with van der Waals surface area (Å²) in [7, 11) is -3.77. The van der Waals surface area contributed by atoms with Crippen LogP contribution in [0.15, 0.2) is 82.4 Å². The van der Waals surface area contributed by atoms with Crippen molar-refractivity contribution < 1.29 is 12.8 Å². The fraction of sp³-hybridized carbons (Fsp3) is 0.0526. The van der Waals surface area contributed by atoms with E-state index < -0.39 is 10.0 Å². The first kappa shape index (κ1) is 18.6. The summed E-state index contributed by atoms with van der Waals surface area (Å²) in [4.78, 5) is 7.81. The molecule has 9 nitrogen and oxygen atoms in total. The molecular weight excluding hydrogens is 392 g/mol. The minimum absolute atomic E-state index is 0.0142. The standard InChI is InChI=1S/C19H16N6O3S/c26-29(27,25-19-20-11-4-12-21-19)16-9-7-15(8-10-16)22-13-17-23-24-18(28-17)14-5-2-1-3-6-14/h1-12,22H,13H2,(H,20,21,25). The van der Waals surface area contributed by atoms with Gasteiger partial charge in [0.2, 0.25) is 17.7 Å². The normalized spacial score (nSPS) is 11.2. The Kier molecular flexibility index (Phi) is 5.16. The molecule has 2 aromatic heterocycles. The molecule has 146 valence electrons. The lowest BCUT2D eigenvalue weighted by atomic mass is 10.2. The van der Waals surface area contributed by atoms with E-state index in [0.29, 0.717) is 24.0 Å². The number of benzene rings is 2. The molecule has 0 spiro atoms. The summed E-state index contributed by atoms with van der Waals surface area (Å²) in [6.07, 6.45) is 2.91. The SMILES string of the molecule is O=S(=O)(Nc1ncccn1)c1ccc(NCc2nnc(-c3ccccc3)o2)cc1. The molecule has 2 aromatic carbocycles. The van der Waals surface area contributed by atoms with E-state index >= 15 is 0 Å². The van der Waals surface area contributed by atoms with Gasteiger partial charge in [-0.25, -0.2) is 23.1 Å². The fourth-order valence-corrected chi connectivity index (χ4v) is 3.44. The minimum Gasteiger partial charge on any atom is -0.419 e. The van der Waals surface area contributed by atoms with Crippen LogP contribution in [0.1, 0.15) is 5.89 Å². The van der Waals surface area contributed by atoms with Gasteiger partial charge in [-0.05, 0) is 42.5 Å². The third-order valence-corrected chi connectivity index (χ3v) is 5.23. The molecule has 4 rings (SSSR count). The number of nitrogens with one attached hydrogen (secondary N) is 2. The van der Waals surface area contributed by atoms with E-state index in [9.17, 15) is 8.42 Å². The Bertz CT molecular complexity index is 1180. The molecule has 0 unspecified atom stereocenters. The maximum Gasteiger partial charge on any atom is 0.264 e. The molecule has 0 fully saturated rings. The van der Waals surface area contributed by atoms with E-state index in [-0.39, 0.29) is 10.8 Å². The molecule has 0 aliphatic rings. The summed E-state index contributed by atoms with van der Waals surface area (Å²) in [6.45, 7) is 0.308. The number of sulfonamides is 1. The van der Waals surface area contributed by atoms with E-state index in [4.69, 9.17) is 4.42 Å². The first-order valence-electron chi connectivity index (χ1n) is 8.62. The molecule has 0 radical (unpaired) electrons. The zero-order valence-electron chi connectivity index (χ0n) is 15.1.